The lowest BCUT2D eigenvalue weighted by Crippen LogP contribution is -2.51. The van der Waals surface area contributed by atoms with Crippen molar-refractivity contribution in [3.05, 3.63) is 69.1 Å². The molecule has 1 amide bonds. The largest absolute Gasteiger partial charge is 0.487 e. The van der Waals surface area contributed by atoms with E-state index in [4.69, 9.17) is 13.9 Å². The molecule has 3 aliphatic heterocycles. The second-order valence-corrected chi connectivity index (χ2v) is 12.7. The van der Waals surface area contributed by atoms with Gasteiger partial charge in [0, 0.05) is 36.2 Å². The number of hydrogen-bond acceptors (Lipinski definition) is 6. The van der Waals surface area contributed by atoms with Crippen molar-refractivity contribution in [3.8, 4) is 11.5 Å². The molecule has 0 spiro atoms. The van der Waals surface area contributed by atoms with E-state index in [-0.39, 0.29) is 23.7 Å². The Morgan fingerprint density at radius 2 is 1.93 bits per heavy atom. The second kappa shape index (κ2) is 11.5. The topological polar surface area (TPSA) is 81.0 Å². The van der Waals surface area contributed by atoms with Crippen LogP contribution >= 0.6 is 0 Å². The summed E-state index contributed by atoms with van der Waals surface area (Å²) in [5.74, 6) is 1.52. The van der Waals surface area contributed by atoms with E-state index in [0.717, 1.165) is 41.3 Å². The number of amides is 1. The summed E-state index contributed by atoms with van der Waals surface area (Å²) in [4.78, 5) is 28.9. The highest BCUT2D eigenvalue weighted by Gasteiger charge is 2.34. The van der Waals surface area contributed by atoms with Crippen molar-refractivity contribution < 1.29 is 18.7 Å². The van der Waals surface area contributed by atoms with E-state index in [9.17, 15) is 9.59 Å². The van der Waals surface area contributed by atoms with Gasteiger partial charge >= 0.3 is 5.63 Å². The first-order valence-corrected chi connectivity index (χ1v) is 15.3. The Morgan fingerprint density at radius 3 is 2.76 bits per heavy atom. The van der Waals surface area contributed by atoms with Gasteiger partial charge in [-0.25, -0.2) is 4.79 Å². The molecular weight excluding hydrogens is 516 g/mol. The molecular formula is C34H42N2O5. The number of aryl methyl sites for hydroxylation is 2. The standard InChI is InChI=1S/C34H42N2O5/c1-22-26(18-23-10-5-4-6-11-23)33(38)40-32-25-14-15-34(2,3)41-28(25)19-29(31(22)32)39-21-30(37)35-20-24-12-9-17-36-16-8-7-13-27(24)36/h4-6,10-11,19,24,27H,7-9,12-18,20-21H2,1-3H3,(H,35,37)/t24-,27+/m0/s1. The van der Waals surface area contributed by atoms with Crippen molar-refractivity contribution in [2.75, 3.05) is 26.2 Å². The molecule has 2 saturated heterocycles. The fraction of sp³-hybridized carbons (Fsp3) is 0.529. The van der Waals surface area contributed by atoms with E-state index in [1.165, 1.54) is 38.8 Å². The Labute approximate surface area is 242 Å². The van der Waals surface area contributed by atoms with Gasteiger partial charge in [0.1, 0.15) is 22.7 Å². The molecule has 0 unspecified atom stereocenters. The Morgan fingerprint density at radius 1 is 1.12 bits per heavy atom. The van der Waals surface area contributed by atoms with E-state index < -0.39 is 0 Å². The SMILES string of the molecule is Cc1c(Cc2ccccc2)c(=O)oc2c3c(cc(OCC(=O)NC[C@@H]4CCCN5CCCC[C@H]45)c12)OC(C)(C)CC3. The van der Waals surface area contributed by atoms with E-state index in [2.05, 4.69) is 24.1 Å². The Kier molecular flexibility index (Phi) is 7.82. The van der Waals surface area contributed by atoms with Crippen LogP contribution in [-0.4, -0.2) is 48.7 Å². The van der Waals surface area contributed by atoms with Crippen LogP contribution in [0.15, 0.2) is 45.6 Å². The predicted molar refractivity (Wildman–Crippen MR) is 160 cm³/mol. The van der Waals surface area contributed by atoms with Gasteiger partial charge in [-0.1, -0.05) is 36.8 Å². The average Bonchev–Trinajstić information content (AvgIpc) is 2.96. The number of ether oxygens (including phenoxy) is 2. The van der Waals surface area contributed by atoms with Gasteiger partial charge in [-0.15, -0.1) is 0 Å². The lowest BCUT2D eigenvalue weighted by Gasteiger charge is -2.44. The fourth-order valence-corrected chi connectivity index (χ4v) is 7.05. The van der Waals surface area contributed by atoms with Gasteiger partial charge in [-0.05, 0) is 89.4 Å². The third kappa shape index (κ3) is 5.87. The zero-order valence-electron chi connectivity index (χ0n) is 24.6. The van der Waals surface area contributed by atoms with Crippen molar-refractivity contribution in [2.45, 2.75) is 83.8 Å². The molecule has 1 N–H and O–H groups in total. The first kappa shape index (κ1) is 27.8. The molecule has 0 bridgehead atoms. The molecule has 4 heterocycles. The van der Waals surface area contributed by atoms with Gasteiger partial charge in [-0.3, -0.25) is 4.79 Å². The molecule has 0 saturated carbocycles. The third-order valence-electron chi connectivity index (χ3n) is 9.31. The minimum atomic E-state index is -0.343. The van der Waals surface area contributed by atoms with Crippen LogP contribution in [0.5, 0.6) is 11.5 Å². The Bertz CT molecular complexity index is 1480. The quantitative estimate of drug-likeness (QED) is 0.383. The highest BCUT2D eigenvalue weighted by atomic mass is 16.5. The number of carbonyl (C=O) groups is 1. The Hall–Kier alpha value is -3.32. The van der Waals surface area contributed by atoms with Crippen LogP contribution in [0.3, 0.4) is 0 Å². The number of piperidine rings is 2. The van der Waals surface area contributed by atoms with Crippen LogP contribution in [0.4, 0.5) is 0 Å². The normalized spacial score (nSPS) is 21.9. The molecule has 41 heavy (non-hydrogen) atoms. The van der Waals surface area contributed by atoms with Gasteiger partial charge in [0.05, 0.1) is 5.39 Å². The second-order valence-electron chi connectivity index (χ2n) is 12.7. The molecule has 7 nitrogen and oxygen atoms in total. The van der Waals surface area contributed by atoms with Crippen LogP contribution in [0.25, 0.3) is 11.0 Å². The molecule has 6 rings (SSSR count). The molecule has 0 radical (unpaired) electrons. The first-order valence-electron chi connectivity index (χ1n) is 15.3. The number of carbonyl (C=O) groups excluding carboxylic acids is 1. The lowest BCUT2D eigenvalue weighted by molar-refractivity contribution is -0.123. The monoisotopic (exact) mass is 558 g/mol. The molecule has 2 aromatic carbocycles. The van der Waals surface area contributed by atoms with Crippen LogP contribution in [0, 0.1) is 12.8 Å². The van der Waals surface area contributed by atoms with Crippen molar-refractivity contribution in [1.29, 1.82) is 0 Å². The highest BCUT2D eigenvalue weighted by Crippen LogP contribution is 2.43. The van der Waals surface area contributed by atoms with Gasteiger partial charge in [0.25, 0.3) is 5.91 Å². The number of nitrogens with zero attached hydrogens (tertiary/aromatic N) is 1. The molecule has 2 atom stereocenters. The van der Waals surface area contributed by atoms with Crippen molar-refractivity contribution in [1.82, 2.24) is 10.2 Å². The van der Waals surface area contributed by atoms with E-state index in [1.54, 1.807) is 0 Å². The molecule has 3 aromatic rings. The van der Waals surface area contributed by atoms with Gasteiger partial charge in [-0.2, -0.15) is 0 Å². The van der Waals surface area contributed by atoms with Crippen LogP contribution in [0.1, 0.15) is 74.6 Å². The highest BCUT2D eigenvalue weighted by molar-refractivity contribution is 5.92. The summed E-state index contributed by atoms with van der Waals surface area (Å²) in [7, 11) is 0. The van der Waals surface area contributed by atoms with E-state index in [0.29, 0.717) is 47.6 Å². The molecule has 7 heteroatoms. The van der Waals surface area contributed by atoms with Crippen molar-refractivity contribution in [3.63, 3.8) is 0 Å². The first-order chi connectivity index (χ1) is 19.8. The predicted octanol–water partition coefficient (Wildman–Crippen LogP) is 5.56. The lowest BCUT2D eigenvalue weighted by atomic mass is 9.83. The number of rotatable bonds is 7. The maximum Gasteiger partial charge on any atom is 0.340 e. The van der Waals surface area contributed by atoms with E-state index in [1.807, 2.05) is 43.3 Å². The van der Waals surface area contributed by atoms with Gasteiger partial charge in [0.15, 0.2) is 6.61 Å². The maximum atomic E-state index is 13.3. The van der Waals surface area contributed by atoms with E-state index >= 15 is 0 Å². The van der Waals surface area contributed by atoms with Gasteiger partial charge < -0.3 is 24.1 Å². The summed E-state index contributed by atoms with van der Waals surface area (Å²) < 4.78 is 18.5. The summed E-state index contributed by atoms with van der Waals surface area (Å²) in [5.41, 5.74) is 3.16. The number of hydrogen-bond donors (Lipinski definition) is 1. The van der Waals surface area contributed by atoms with Crippen LogP contribution in [0.2, 0.25) is 0 Å². The van der Waals surface area contributed by atoms with Crippen LogP contribution in [-0.2, 0) is 17.6 Å². The average molecular weight is 559 g/mol. The van der Waals surface area contributed by atoms with Crippen LogP contribution < -0.4 is 20.4 Å². The third-order valence-corrected chi connectivity index (χ3v) is 9.31. The molecule has 218 valence electrons. The summed E-state index contributed by atoms with van der Waals surface area (Å²) in [6.45, 7) is 9.00. The molecule has 2 fully saturated rings. The number of nitrogens with one attached hydrogen (secondary N) is 1. The zero-order chi connectivity index (χ0) is 28.6. The fourth-order valence-electron chi connectivity index (χ4n) is 7.05. The van der Waals surface area contributed by atoms with Crippen molar-refractivity contribution >= 4 is 16.9 Å². The summed E-state index contributed by atoms with van der Waals surface area (Å²) in [5, 5.41) is 3.90. The molecule has 0 aliphatic carbocycles. The summed E-state index contributed by atoms with van der Waals surface area (Å²) >= 11 is 0. The molecule has 1 aromatic heterocycles. The van der Waals surface area contributed by atoms with Crippen molar-refractivity contribution in [2.24, 2.45) is 5.92 Å². The maximum absolute atomic E-state index is 13.3. The number of fused-ring (bicyclic) bond motifs is 4. The minimum Gasteiger partial charge on any atom is -0.487 e. The Balaban J connectivity index is 1.26. The minimum absolute atomic E-state index is 0.106. The number of benzene rings is 2. The van der Waals surface area contributed by atoms with Gasteiger partial charge in [0.2, 0.25) is 0 Å². The smallest absolute Gasteiger partial charge is 0.340 e. The summed E-state index contributed by atoms with van der Waals surface area (Å²) in [6.07, 6.45) is 8.15. The summed E-state index contributed by atoms with van der Waals surface area (Å²) in [6, 6.07) is 12.4. The molecule has 3 aliphatic rings. The zero-order valence-corrected chi connectivity index (χ0v) is 24.6.